The van der Waals surface area contributed by atoms with E-state index in [0.29, 0.717) is 30.4 Å². The van der Waals surface area contributed by atoms with Gasteiger partial charge < -0.3 is 19.1 Å². The molecule has 5 rings (SSSR count). The largest absolute Gasteiger partial charge is 0.378 e. The second-order valence-electron chi connectivity index (χ2n) is 9.03. The Morgan fingerprint density at radius 2 is 1.71 bits per heavy atom. The van der Waals surface area contributed by atoms with Gasteiger partial charge in [-0.15, -0.1) is 10.2 Å². The highest BCUT2D eigenvalue weighted by Crippen LogP contribution is 2.30. The third kappa shape index (κ3) is 4.23. The summed E-state index contributed by atoms with van der Waals surface area (Å²) >= 11 is 0. The number of nitrogens with zero attached hydrogens (tertiary/aromatic N) is 7. The molecule has 2 aliphatic rings. The van der Waals surface area contributed by atoms with Crippen molar-refractivity contribution in [2.45, 2.75) is 32.9 Å². The zero-order valence-electron chi connectivity index (χ0n) is 20.0. The maximum absolute atomic E-state index is 13.4. The quantitative estimate of drug-likeness (QED) is 0.556. The molecule has 1 unspecified atom stereocenters. The van der Waals surface area contributed by atoms with Crippen molar-refractivity contribution in [2.24, 2.45) is 0 Å². The van der Waals surface area contributed by atoms with Crippen LogP contribution in [0.2, 0.25) is 0 Å². The van der Waals surface area contributed by atoms with Crippen LogP contribution in [0.25, 0.3) is 11.5 Å². The average Bonchev–Trinajstić information content (AvgIpc) is 3.52. The molecule has 0 radical (unpaired) electrons. The molecule has 0 bridgehead atoms. The average molecular weight is 462 g/mol. The molecule has 178 valence electrons. The minimum absolute atomic E-state index is 0.0246. The third-order valence-electron chi connectivity index (χ3n) is 6.63. The first-order chi connectivity index (χ1) is 16.5. The van der Waals surface area contributed by atoms with Crippen molar-refractivity contribution in [3.05, 3.63) is 54.4 Å². The summed E-state index contributed by atoms with van der Waals surface area (Å²) in [6.45, 7) is 10.8. The molecule has 1 atom stereocenters. The summed E-state index contributed by atoms with van der Waals surface area (Å²) in [5.41, 5.74) is 3.03. The number of urea groups is 1. The molecular weight excluding hydrogens is 430 g/mol. The fourth-order valence-corrected chi connectivity index (χ4v) is 4.59. The number of amides is 2. The highest BCUT2D eigenvalue weighted by Gasteiger charge is 2.34. The van der Waals surface area contributed by atoms with Gasteiger partial charge in [0.2, 0.25) is 0 Å². The first kappa shape index (κ1) is 22.3. The monoisotopic (exact) mass is 461 g/mol. The fourth-order valence-electron chi connectivity index (χ4n) is 4.59. The zero-order valence-corrected chi connectivity index (χ0v) is 20.0. The Labute approximate surface area is 200 Å². The molecule has 2 amide bonds. The third-order valence-corrected chi connectivity index (χ3v) is 6.63. The normalized spacial score (nSPS) is 17.6. The molecule has 9 nitrogen and oxygen atoms in total. The maximum atomic E-state index is 13.4. The Morgan fingerprint density at radius 1 is 0.941 bits per heavy atom. The Bertz CT molecular complexity index is 1140. The van der Waals surface area contributed by atoms with Gasteiger partial charge in [-0.05, 0) is 50.6 Å². The second kappa shape index (κ2) is 9.42. The number of benzene rings is 1. The lowest BCUT2D eigenvalue weighted by atomic mass is 10.1. The van der Waals surface area contributed by atoms with E-state index in [4.69, 9.17) is 9.72 Å². The molecule has 0 spiro atoms. The van der Waals surface area contributed by atoms with Gasteiger partial charge in [-0.3, -0.25) is 4.90 Å². The zero-order chi connectivity index (χ0) is 23.7. The van der Waals surface area contributed by atoms with Crippen LogP contribution in [0.15, 0.2) is 48.8 Å². The van der Waals surface area contributed by atoms with E-state index in [1.165, 1.54) is 5.69 Å². The van der Waals surface area contributed by atoms with Gasteiger partial charge in [0.25, 0.3) is 0 Å². The summed E-state index contributed by atoms with van der Waals surface area (Å²) in [6, 6.07) is 14.4. The van der Waals surface area contributed by atoms with Crippen molar-refractivity contribution in [1.29, 1.82) is 0 Å². The Hall–Kier alpha value is -3.46. The summed E-state index contributed by atoms with van der Waals surface area (Å²) in [7, 11) is 0. The van der Waals surface area contributed by atoms with Crippen LogP contribution in [0.5, 0.6) is 0 Å². The standard InChI is InChI=1S/C25H31N7O2/c1-18(2)32-17-26-28-24(32)22-5-4-6-23(27-22)31-12-11-30(25(31)33)19(3)20-7-9-21(10-8-20)29-13-15-34-16-14-29/h4-10,17-19H,11-16H2,1-3H3. The van der Waals surface area contributed by atoms with Gasteiger partial charge >= 0.3 is 6.03 Å². The van der Waals surface area contributed by atoms with Crippen LogP contribution in [0.3, 0.4) is 0 Å². The molecule has 2 saturated heterocycles. The molecule has 4 heterocycles. The van der Waals surface area contributed by atoms with Crippen molar-refractivity contribution >= 4 is 17.5 Å². The summed E-state index contributed by atoms with van der Waals surface area (Å²) < 4.78 is 7.43. The first-order valence-electron chi connectivity index (χ1n) is 11.9. The number of ether oxygens (including phenoxy) is 1. The van der Waals surface area contributed by atoms with E-state index < -0.39 is 0 Å². The summed E-state index contributed by atoms with van der Waals surface area (Å²) in [6.07, 6.45) is 1.71. The van der Waals surface area contributed by atoms with Gasteiger partial charge in [0.05, 0.1) is 19.3 Å². The number of hydrogen-bond acceptors (Lipinski definition) is 6. The topological polar surface area (TPSA) is 79.6 Å². The number of carbonyl (C=O) groups excluding carboxylic acids is 1. The lowest BCUT2D eigenvalue weighted by Gasteiger charge is -2.30. The van der Waals surface area contributed by atoms with Gasteiger partial charge in [-0.1, -0.05) is 18.2 Å². The molecule has 3 aromatic rings. The van der Waals surface area contributed by atoms with E-state index >= 15 is 0 Å². The SMILES string of the molecule is CC(c1ccc(N2CCOCC2)cc1)N1CCN(c2cccc(-c3nncn3C(C)C)n2)C1=O. The molecule has 2 fully saturated rings. The van der Waals surface area contributed by atoms with Crippen molar-refractivity contribution in [1.82, 2.24) is 24.6 Å². The number of hydrogen-bond donors (Lipinski definition) is 0. The van der Waals surface area contributed by atoms with Crippen LogP contribution >= 0.6 is 0 Å². The molecule has 0 aliphatic carbocycles. The van der Waals surface area contributed by atoms with E-state index in [2.05, 4.69) is 60.1 Å². The molecule has 34 heavy (non-hydrogen) atoms. The number of morpholine rings is 1. The van der Waals surface area contributed by atoms with E-state index in [0.717, 1.165) is 31.9 Å². The van der Waals surface area contributed by atoms with E-state index in [9.17, 15) is 4.79 Å². The van der Waals surface area contributed by atoms with Crippen molar-refractivity contribution in [3.8, 4) is 11.5 Å². The van der Waals surface area contributed by atoms with Crippen molar-refractivity contribution in [2.75, 3.05) is 49.2 Å². The van der Waals surface area contributed by atoms with E-state index in [1.807, 2.05) is 27.7 Å². The molecule has 9 heteroatoms. The van der Waals surface area contributed by atoms with Crippen molar-refractivity contribution < 1.29 is 9.53 Å². The van der Waals surface area contributed by atoms with Crippen LogP contribution < -0.4 is 9.80 Å². The Kier molecular flexibility index (Phi) is 6.19. The smallest absolute Gasteiger partial charge is 0.326 e. The van der Waals surface area contributed by atoms with Crippen LogP contribution in [-0.2, 0) is 4.74 Å². The molecule has 1 aromatic carbocycles. The van der Waals surface area contributed by atoms with Crippen LogP contribution in [0, 0.1) is 0 Å². The Balaban J connectivity index is 1.31. The second-order valence-corrected chi connectivity index (χ2v) is 9.03. The molecular formula is C25H31N7O2. The van der Waals surface area contributed by atoms with Gasteiger partial charge in [0.15, 0.2) is 5.82 Å². The summed E-state index contributed by atoms with van der Waals surface area (Å²) in [5.74, 6) is 1.34. The maximum Gasteiger partial charge on any atom is 0.326 e. The first-order valence-corrected chi connectivity index (χ1v) is 11.9. The van der Waals surface area contributed by atoms with E-state index in [-0.39, 0.29) is 18.1 Å². The molecule has 0 N–H and O–H groups in total. The van der Waals surface area contributed by atoms with Crippen LogP contribution in [0.1, 0.15) is 38.4 Å². The van der Waals surface area contributed by atoms with E-state index in [1.54, 1.807) is 11.2 Å². The van der Waals surface area contributed by atoms with Gasteiger partial charge in [-0.2, -0.15) is 0 Å². The lowest BCUT2D eigenvalue weighted by molar-refractivity contribution is 0.122. The molecule has 0 saturated carbocycles. The van der Waals surface area contributed by atoms with Crippen LogP contribution in [-0.4, -0.2) is 70.1 Å². The van der Waals surface area contributed by atoms with Crippen LogP contribution in [0.4, 0.5) is 16.3 Å². The van der Waals surface area contributed by atoms with Gasteiger partial charge in [0, 0.05) is 37.9 Å². The Morgan fingerprint density at radius 3 is 2.44 bits per heavy atom. The highest BCUT2D eigenvalue weighted by molar-refractivity contribution is 5.93. The number of rotatable bonds is 6. The minimum atomic E-state index is -0.0280. The number of aromatic nitrogens is 4. The highest BCUT2D eigenvalue weighted by atomic mass is 16.5. The minimum Gasteiger partial charge on any atom is -0.378 e. The predicted molar refractivity (Wildman–Crippen MR) is 131 cm³/mol. The van der Waals surface area contributed by atoms with Gasteiger partial charge in [-0.25, -0.2) is 9.78 Å². The van der Waals surface area contributed by atoms with Gasteiger partial charge in [0.1, 0.15) is 17.8 Å². The number of pyridine rings is 1. The molecule has 2 aliphatic heterocycles. The number of carbonyl (C=O) groups is 1. The summed E-state index contributed by atoms with van der Waals surface area (Å²) in [4.78, 5) is 24.1. The predicted octanol–water partition coefficient (Wildman–Crippen LogP) is 3.76. The molecule has 2 aromatic heterocycles. The summed E-state index contributed by atoms with van der Waals surface area (Å²) in [5, 5.41) is 8.29. The number of anilines is 2. The van der Waals surface area contributed by atoms with Crippen molar-refractivity contribution in [3.63, 3.8) is 0 Å². The fraction of sp³-hybridized carbons (Fsp3) is 0.440. The lowest BCUT2D eigenvalue weighted by Crippen LogP contribution is -2.36.